The zero-order chi connectivity index (χ0) is 12.1. The molecule has 1 heterocycles. The highest BCUT2D eigenvalue weighted by Gasteiger charge is 2.03. The number of hydrazone groups is 1. The molecule has 2 rings (SSSR count). The Kier molecular flexibility index (Phi) is 3.35. The fourth-order valence-electron chi connectivity index (χ4n) is 1.40. The minimum Gasteiger partial charge on any atom is -0.360 e. The Morgan fingerprint density at radius 1 is 1.18 bits per heavy atom. The summed E-state index contributed by atoms with van der Waals surface area (Å²) in [6.45, 7) is 1.83. The van der Waals surface area contributed by atoms with Crippen LogP contribution in [0, 0.1) is 0 Å². The molecule has 0 radical (unpaired) electrons. The molecule has 4 heteroatoms. The SMILES string of the molecule is C/C(=N\NC(=O)c1ccccc1)c1ccc[nH]1. The van der Waals surface area contributed by atoms with Gasteiger partial charge in [0, 0.05) is 11.8 Å². The standard InChI is InChI=1S/C13H13N3O/c1-10(12-8-5-9-14-12)15-16-13(17)11-6-3-2-4-7-11/h2-9,14H,1H3,(H,16,17)/b15-10+. The normalized spacial score (nSPS) is 11.2. The Hall–Kier alpha value is -2.36. The number of rotatable bonds is 3. The smallest absolute Gasteiger partial charge is 0.271 e. The summed E-state index contributed by atoms with van der Waals surface area (Å²) in [7, 11) is 0. The van der Waals surface area contributed by atoms with Gasteiger partial charge in [0.1, 0.15) is 0 Å². The molecule has 0 saturated heterocycles. The molecule has 0 spiro atoms. The molecule has 1 amide bonds. The quantitative estimate of drug-likeness (QED) is 0.612. The van der Waals surface area contributed by atoms with Crippen molar-refractivity contribution in [1.29, 1.82) is 0 Å². The molecule has 2 N–H and O–H groups in total. The van der Waals surface area contributed by atoms with E-state index in [-0.39, 0.29) is 5.91 Å². The van der Waals surface area contributed by atoms with Crippen LogP contribution in [0.4, 0.5) is 0 Å². The molecular formula is C13H13N3O. The van der Waals surface area contributed by atoms with Gasteiger partial charge < -0.3 is 4.98 Å². The van der Waals surface area contributed by atoms with E-state index in [1.807, 2.05) is 43.5 Å². The molecule has 0 fully saturated rings. The fraction of sp³-hybridized carbons (Fsp3) is 0.0769. The van der Waals surface area contributed by atoms with E-state index >= 15 is 0 Å². The van der Waals surface area contributed by atoms with Gasteiger partial charge in [-0.05, 0) is 31.2 Å². The Bertz CT molecular complexity index is 515. The second-order valence-electron chi connectivity index (χ2n) is 3.59. The van der Waals surface area contributed by atoms with Gasteiger partial charge in [0.15, 0.2) is 0 Å². The number of carbonyl (C=O) groups is 1. The predicted molar refractivity (Wildman–Crippen MR) is 66.9 cm³/mol. The van der Waals surface area contributed by atoms with E-state index in [1.54, 1.807) is 12.1 Å². The van der Waals surface area contributed by atoms with Gasteiger partial charge in [-0.3, -0.25) is 4.79 Å². The molecule has 0 aliphatic rings. The van der Waals surface area contributed by atoms with Crippen molar-refractivity contribution in [2.24, 2.45) is 5.10 Å². The number of nitrogens with one attached hydrogen (secondary N) is 2. The summed E-state index contributed by atoms with van der Waals surface area (Å²) >= 11 is 0. The summed E-state index contributed by atoms with van der Waals surface area (Å²) in [5.74, 6) is -0.212. The van der Waals surface area contributed by atoms with E-state index in [1.165, 1.54) is 0 Å². The molecule has 0 atom stereocenters. The lowest BCUT2D eigenvalue weighted by Gasteiger charge is -2.01. The third-order valence-electron chi connectivity index (χ3n) is 2.35. The highest BCUT2D eigenvalue weighted by molar-refractivity contribution is 5.99. The Labute approximate surface area is 99.4 Å². The van der Waals surface area contributed by atoms with Gasteiger partial charge in [0.05, 0.1) is 11.4 Å². The molecule has 4 nitrogen and oxygen atoms in total. The molecule has 1 aromatic carbocycles. The number of nitrogens with zero attached hydrogens (tertiary/aromatic N) is 1. The Morgan fingerprint density at radius 2 is 1.94 bits per heavy atom. The summed E-state index contributed by atoms with van der Waals surface area (Å²) in [6, 6.07) is 12.8. The number of aromatic nitrogens is 1. The minimum absolute atomic E-state index is 0.212. The molecule has 0 aliphatic carbocycles. The van der Waals surface area contributed by atoms with E-state index in [9.17, 15) is 4.79 Å². The van der Waals surface area contributed by atoms with Crippen LogP contribution in [0.3, 0.4) is 0 Å². The number of hydrogen-bond acceptors (Lipinski definition) is 2. The number of H-pyrrole nitrogens is 1. The fourth-order valence-corrected chi connectivity index (χ4v) is 1.40. The lowest BCUT2D eigenvalue weighted by Crippen LogP contribution is -2.19. The number of benzene rings is 1. The second kappa shape index (κ2) is 5.12. The van der Waals surface area contributed by atoms with E-state index in [0.717, 1.165) is 11.4 Å². The topological polar surface area (TPSA) is 57.2 Å². The maximum atomic E-state index is 11.7. The molecule has 17 heavy (non-hydrogen) atoms. The van der Waals surface area contributed by atoms with Crippen LogP contribution in [0.5, 0.6) is 0 Å². The van der Waals surface area contributed by atoms with E-state index in [2.05, 4.69) is 15.5 Å². The van der Waals surface area contributed by atoms with E-state index < -0.39 is 0 Å². The summed E-state index contributed by atoms with van der Waals surface area (Å²) in [5, 5.41) is 4.03. The number of carbonyl (C=O) groups excluding carboxylic acids is 1. The zero-order valence-corrected chi connectivity index (χ0v) is 9.47. The van der Waals surface area contributed by atoms with Gasteiger partial charge in [0.2, 0.25) is 0 Å². The first-order chi connectivity index (χ1) is 8.27. The van der Waals surface area contributed by atoms with Gasteiger partial charge in [-0.25, -0.2) is 5.43 Å². The Morgan fingerprint density at radius 3 is 2.59 bits per heavy atom. The summed E-state index contributed by atoms with van der Waals surface area (Å²) < 4.78 is 0. The predicted octanol–water partition coefficient (Wildman–Crippen LogP) is 2.17. The van der Waals surface area contributed by atoms with E-state index in [0.29, 0.717) is 5.56 Å². The van der Waals surface area contributed by atoms with Crippen LogP contribution in [0.15, 0.2) is 53.8 Å². The first-order valence-electron chi connectivity index (χ1n) is 5.31. The van der Waals surface area contributed by atoms with Crippen LogP contribution in [0.1, 0.15) is 23.0 Å². The largest absolute Gasteiger partial charge is 0.360 e. The van der Waals surface area contributed by atoms with E-state index in [4.69, 9.17) is 0 Å². The van der Waals surface area contributed by atoms with Gasteiger partial charge in [-0.1, -0.05) is 18.2 Å². The van der Waals surface area contributed by atoms with Gasteiger partial charge >= 0.3 is 0 Å². The van der Waals surface area contributed by atoms with Crippen LogP contribution >= 0.6 is 0 Å². The van der Waals surface area contributed by atoms with Crippen molar-refractivity contribution in [3.8, 4) is 0 Å². The second-order valence-corrected chi connectivity index (χ2v) is 3.59. The molecule has 1 aromatic heterocycles. The summed E-state index contributed by atoms with van der Waals surface area (Å²) in [4.78, 5) is 14.7. The average Bonchev–Trinajstić information content (AvgIpc) is 2.90. The van der Waals surface area contributed by atoms with Crippen molar-refractivity contribution in [1.82, 2.24) is 10.4 Å². The van der Waals surface area contributed by atoms with Crippen molar-refractivity contribution >= 4 is 11.6 Å². The zero-order valence-electron chi connectivity index (χ0n) is 9.47. The number of aromatic amines is 1. The van der Waals surface area contributed by atoms with Crippen LogP contribution < -0.4 is 5.43 Å². The van der Waals surface area contributed by atoms with Crippen molar-refractivity contribution in [3.05, 3.63) is 59.9 Å². The maximum absolute atomic E-state index is 11.7. The molecule has 86 valence electrons. The first-order valence-corrected chi connectivity index (χ1v) is 5.31. The van der Waals surface area contributed by atoms with Crippen molar-refractivity contribution in [2.75, 3.05) is 0 Å². The summed E-state index contributed by atoms with van der Waals surface area (Å²) in [5.41, 5.74) is 4.73. The maximum Gasteiger partial charge on any atom is 0.271 e. The van der Waals surface area contributed by atoms with Gasteiger partial charge in [-0.2, -0.15) is 5.10 Å². The van der Waals surface area contributed by atoms with Crippen molar-refractivity contribution in [2.45, 2.75) is 6.92 Å². The lowest BCUT2D eigenvalue weighted by atomic mass is 10.2. The van der Waals surface area contributed by atoms with Crippen molar-refractivity contribution in [3.63, 3.8) is 0 Å². The van der Waals surface area contributed by atoms with Crippen LogP contribution in [-0.4, -0.2) is 16.6 Å². The molecular weight excluding hydrogens is 214 g/mol. The molecule has 2 aromatic rings. The van der Waals surface area contributed by atoms with Crippen LogP contribution in [0.2, 0.25) is 0 Å². The van der Waals surface area contributed by atoms with Gasteiger partial charge in [-0.15, -0.1) is 0 Å². The van der Waals surface area contributed by atoms with Crippen LogP contribution in [0.25, 0.3) is 0 Å². The highest BCUT2D eigenvalue weighted by Crippen LogP contribution is 1.99. The molecule has 0 aliphatic heterocycles. The third kappa shape index (κ3) is 2.81. The third-order valence-corrected chi connectivity index (χ3v) is 2.35. The van der Waals surface area contributed by atoms with Crippen LogP contribution in [-0.2, 0) is 0 Å². The lowest BCUT2D eigenvalue weighted by molar-refractivity contribution is 0.0955. The minimum atomic E-state index is -0.212. The molecule has 0 saturated carbocycles. The van der Waals surface area contributed by atoms with Crippen molar-refractivity contribution < 1.29 is 4.79 Å². The first kappa shape index (κ1) is 11.1. The number of amides is 1. The number of hydrogen-bond donors (Lipinski definition) is 2. The monoisotopic (exact) mass is 227 g/mol. The highest BCUT2D eigenvalue weighted by atomic mass is 16.2. The van der Waals surface area contributed by atoms with Gasteiger partial charge in [0.25, 0.3) is 5.91 Å². The average molecular weight is 227 g/mol. The summed E-state index contributed by atoms with van der Waals surface area (Å²) in [6.07, 6.45) is 1.81. The molecule has 0 bridgehead atoms. The molecule has 0 unspecified atom stereocenters. The Balaban J connectivity index is 2.04.